The van der Waals surface area contributed by atoms with Gasteiger partial charge in [-0.1, -0.05) is 70.0 Å². The third-order valence-electron chi connectivity index (χ3n) is 5.76. The highest BCUT2D eigenvalue weighted by atomic mass is 79.9. The molecule has 3 rings (SSSR count). The molecule has 202 valence electrons. The average molecular weight is 621 g/mol. The first-order valence-corrected chi connectivity index (χ1v) is 15.1. The zero-order chi connectivity index (χ0) is 27.9. The van der Waals surface area contributed by atoms with Crippen molar-refractivity contribution in [2.45, 2.75) is 38.9 Å². The van der Waals surface area contributed by atoms with Gasteiger partial charge < -0.3 is 10.2 Å². The lowest BCUT2D eigenvalue weighted by Crippen LogP contribution is -2.54. The van der Waals surface area contributed by atoms with Gasteiger partial charge >= 0.3 is 0 Å². The number of anilines is 1. The Balaban J connectivity index is 2.04. The largest absolute Gasteiger partial charge is 0.352 e. The lowest BCUT2D eigenvalue weighted by atomic mass is 10.0. The molecule has 1 atom stereocenters. The van der Waals surface area contributed by atoms with E-state index in [0.29, 0.717) is 10.7 Å². The number of carbonyl (C=O) groups is 2. The van der Waals surface area contributed by atoms with E-state index in [0.717, 1.165) is 26.2 Å². The smallest absolute Gasteiger partial charge is 0.244 e. The van der Waals surface area contributed by atoms with Gasteiger partial charge in [-0.15, -0.1) is 0 Å². The van der Waals surface area contributed by atoms with Crippen molar-refractivity contribution < 1.29 is 18.0 Å². The molecule has 0 radical (unpaired) electrons. The van der Waals surface area contributed by atoms with Gasteiger partial charge in [0.25, 0.3) is 0 Å². The molecule has 1 N–H and O–H groups in total. The molecular formula is C28H31BrClN3O4S. The molecule has 10 heteroatoms. The van der Waals surface area contributed by atoms with Crippen LogP contribution in [0.1, 0.15) is 25.0 Å². The minimum Gasteiger partial charge on any atom is -0.352 e. The Morgan fingerprint density at radius 1 is 0.921 bits per heavy atom. The Morgan fingerprint density at radius 3 is 2.08 bits per heavy atom. The van der Waals surface area contributed by atoms with Crippen molar-refractivity contribution in [2.75, 3.05) is 17.1 Å². The highest BCUT2D eigenvalue weighted by molar-refractivity contribution is 9.10. The van der Waals surface area contributed by atoms with Crippen molar-refractivity contribution in [1.82, 2.24) is 10.2 Å². The van der Waals surface area contributed by atoms with Gasteiger partial charge in [0.15, 0.2) is 0 Å². The molecule has 0 bridgehead atoms. The lowest BCUT2D eigenvalue weighted by Gasteiger charge is -2.34. The van der Waals surface area contributed by atoms with E-state index in [1.165, 1.54) is 4.90 Å². The molecule has 3 aromatic carbocycles. The van der Waals surface area contributed by atoms with Crippen LogP contribution in [-0.2, 0) is 32.6 Å². The molecule has 0 aliphatic rings. The van der Waals surface area contributed by atoms with Gasteiger partial charge in [-0.2, -0.15) is 0 Å². The number of hydrogen-bond acceptors (Lipinski definition) is 4. The molecule has 3 aromatic rings. The predicted octanol–water partition coefficient (Wildman–Crippen LogP) is 5.03. The van der Waals surface area contributed by atoms with Crippen LogP contribution in [0.2, 0.25) is 5.02 Å². The zero-order valence-electron chi connectivity index (χ0n) is 21.5. The number of hydrogen-bond donors (Lipinski definition) is 1. The number of sulfonamides is 1. The Morgan fingerprint density at radius 2 is 1.53 bits per heavy atom. The topological polar surface area (TPSA) is 86.8 Å². The predicted molar refractivity (Wildman–Crippen MR) is 156 cm³/mol. The van der Waals surface area contributed by atoms with E-state index >= 15 is 0 Å². The van der Waals surface area contributed by atoms with E-state index in [4.69, 9.17) is 11.6 Å². The molecule has 0 aromatic heterocycles. The maximum absolute atomic E-state index is 13.9. The van der Waals surface area contributed by atoms with E-state index in [9.17, 15) is 18.0 Å². The summed E-state index contributed by atoms with van der Waals surface area (Å²) in [6.45, 7) is 3.33. The number of nitrogens with zero attached hydrogens (tertiary/aromatic N) is 2. The standard InChI is InChI=1S/C28H31BrClN3O4S/c1-20(2)31-28(35)26(17-21-7-5-4-6-8-21)32(18-22-9-13-24(30)14-10-22)27(34)19-33(38(3,36)37)25-15-11-23(29)12-16-25/h4-16,20,26H,17-19H2,1-3H3,(H,31,35). The Hall–Kier alpha value is -2.88. The second-order valence-electron chi connectivity index (χ2n) is 9.26. The van der Waals surface area contributed by atoms with Crippen molar-refractivity contribution >= 4 is 55.1 Å². The summed E-state index contributed by atoms with van der Waals surface area (Å²) in [5.74, 6) is -0.825. The van der Waals surface area contributed by atoms with Crippen molar-refractivity contribution in [3.8, 4) is 0 Å². The fraction of sp³-hybridized carbons (Fsp3) is 0.286. The minimum absolute atomic E-state index is 0.0942. The number of nitrogens with one attached hydrogen (secondary N) is 1. The van der Waals surface area contributed by atoms with E-state index in [1.54, 1.807) is 48.5 Å². The number of benzene rings is 3. The van der Waals surface area contributed by atoms with Gasteiger partial charge in [-0.05, 0) is 61.4 Å². The van der Waals surface area contributed by atoms with Crippen LogP contribution in [0, 0.1) is 0 Å². The number of amides is 2. The maximum atomic E-state index is 13.9. The highest BCUT2D eigenvalue weighted by Crippen LogP contribution is 2.23. The summed E-state index contributed by atoms with van der Waals surface area (Å²) in [5.41, 5.74) is 1.98. The van der Waals surface area contributed by atoms with Crippen molar-refractivity contribution in [1.29, 1.82) is 0 Å². The first-order valence-electron chi connectivity index (χ1n) is 12.1. The number of rotatable bonds is 11. The third-order valence-corrected chi connectivity index (χ3v) is 7.68. The number of carbonyl (C=O) groups excluding carboxylic acids is 2. The van der Waals surface area contributed by atoms with Gasteiger partial charge in [0.2, 0.25) is 21.8 Å². The molecule has 0 saturated carbocycles. The molecule has 0 fully saturated rings. The van der Waals surface area contributed by atoms with Crippen LogP contribution >= 0.6 is 27.5 Å². The van der Waals surface area contributed by atoms with Crippen molar-refractivity contribution in [3.05, 3.63) is 99.5 Å². The van der Waals surface area contributed by atoms with Crippen LogP contribution in [-0.4, -0.2) is 50.0 Å². The van der Waals surface area contributed by atoms with Crippen LogP contribution in [0.3, 0.4) is 0 Å². The third kappa shape index (κ3) is 8.58. The molecule has 7 nitrogen and oxygen atoms in total. The summed E-state index contributed by atoms with van der Waals surface area (Å²) in [4.78, 5) is 28.9. The maximum Gasteiger partial charge on any atom is 0.244 e. The van der Waals surface area contributed by atoms with E-state index in [1.807, 2.05) is 44.2 Å². The first-order chi connectivity index (χ1) is 17.9. The van der Waals surface area contributed by atoms with E-state index in [2.05, 4.69) is 21.2 Å². The van der Waals surface area contributed by atoms with E-state index < -0.39 is 28.5 Å². The monoisotopic (exact) mass is 619 g/mol. The van der Waals surface area contributed by atoms with Gasteiger partial charge in [-0.25, -0.2) is 8.42 Å². The second-order valence-corrected chi connectivity index (χ2v) is 12.5. The van der Waals surface area contributed by atoms with Crippen LogP contribution < -0.4 is 9.62 Å². The number of halogens is 2. The van der Waals surface area contributed by atoms with Crippen LogP contribution in [0.5, 0.6) is 0 Å². The quantitative estimate of drug-likeness (QED) is 0.326. The lowest BCUT2D eigenvalue weighted by molar-refractivity contribution is -0.140. The zero-order valence-corrected chi connectivity index (χ0v) is 24.6. The summed E-state index contributed by atoms with van der Waals surface area (Å²) in [7, 11) is -3.81. The molecule has 38 heavy (non-hydrogen) atoms. The summed E-state index contributed by atoms with van der Waals surface area (Å²) in [6, 6.07) is 22.0. The summed E-state index contributed by atoms with van der Waals surface area (Å²) in [5, 5.41) is 3.47. The van der Waals surface area contributed by atoms with Crippen molar-refractivity contribution in [2.24, 2.45) is 0 Å². The molecule has 0 spiro atoms. The molecule has 0 heterocycles. The van der Waals surface area contributed by atoms with Crippen LogP contribution in [0.15, 0.2) is 83.3 Å². The SMILES string of the molecule is CC(C)NC(=O)C(Cc1ccccc1)N(Cc1ccc(Cl)cc1)C(=O)CN(c1ccc(Br)cc1)S(C)(=O)=O. The van der Waals surface area contributed by atoms with E-state index in [-0.39, 0.29) is 24.9 Å². The first kappa shape index (κ1) is 29.7. The Labute approximate surface area is 238 Å². The molecule has 2 amide bonds. The van der Waals surface area contributed by atoms with Crippen LogP contribution in [0.4, 0.5) is 5.69 Å². The highest BCUT2D eigenvalue weighted by Gasteiger charge is 2.33. The molecule has 0 aliphatic heterocycles. The summed E-state index contributed by atoms with van der Waals surface area (Å²) in [6.07, 6.45) is 1.31. The Bertz CT molecular complexity index is 1330. The molecule has 1 unspecified atom stereocenters. The molecular weight excluding hydrogens is 590 g/mol. The van der Waals surface area contributed by atoms with Gasteiger partial charge in [0, 0.05) is 28.5 Å². The van der Waals surface area contributed by atoms with Crippen LogP contribution in [0.25, 0.3) is 0 Å². The van der Waals surface area contributed by atoms with Gasteiger partial charge in [-0.3, -0.25) is 13.9 Å². The fourth-order valence-corrected chi connectivity index (χ4v) is 5.18. The van der Waals surface area contributed by atoms with Gasteiger partial charge in [0.05, 0.1) is 11.9 Å². The minimum atomic E-state index is -3.81. The normalized spacial score (nSPS) is 12.2. The Kier molecular flexibility index (Phi) is 10.4. The molecule has 0 saturated heterocycles. The van der Waals surface area contributed by atoms with Gasteiger partial charge in [0.1, 0.15) is 12.6 Å². The summed E-state index contributed by atoms with van der Waals surface area (Å²) >= 11 is 9.42. The second kappa shape index (κ2) is 13.3. The average Bonchev–Trinajstić information content (AvgIpc) is 2.86. The van der Waals surface area contributed by atoms with Crippen molar-refractivity contribution in [3.63, 3.8) is 0 Å². The fourth-order valence-electron chi connectivity index (χ4n) is 3.94. The molecule has 0 aliphatic carbocycles. The summed E-state index contributed by atoms with van der Waals surface area (Å²) < 4.78 is 27.3.